The lowest BCUT2D eigenvalue weighted by Gasteiger charge is -2.30. The van der Waals surface area contributed by atoms with E-state index in [1.54, 1.807) is 6.08 Å². The fourth-order valence-corrected chi connectivity index (χ4v) is 1.46. The van der Waals surface area contributed by atoms with Crippen LogP contribution in [0.4, 0.5) is 0 Å². The van der Waals surface area contributed by atoms with Crippen molar-refractivity contribution in [2.24, 2.45) is 0 Å². The summed E-state index contributed by atoms with van der Waals surface area (Å²) in [7, 11) is 0. The van der Waals surface area contributed by atoms with E-state index in [4.69, 9.17) is 4.74 Å². The largest absolute Gasteiger partial charge is 0.368 e. The molecule has 0 bridgehead atoms. The van der Waals surface area contributed by atoms with Crippen LogP contribution in [0.5, 0.6) is 0 Å². The molecule has 3 nitrogen and oxygen atoms in total. The summed E-state index contributed by atoms with van der Waals surface area (Å²) in [4.78, 5) is 13.7. The number of ketones is 1. The second-order valence-electron chi connectivity index (χ2n) is 3.21. The average molecular weight is 183 g/mol. The minimum absolute atomic E-state index is 0.146. The smallest absolute Gasteiger partial charge is 0.166 e. The third-order valence-electron chi connectivity index (χ3n) is 2.30. The van der Waals surface area contributed by atoms with Crippen LogP contribution in [0.25, 0.3) is 0 Å². The van der Waals surface area contributed by atoms with E-state index in [0.717, 1.165) is 19.6 Å². The second kappa shape index (κ2) is 5.14. The van der Waals surface area contributed by atoms with Gasteiger partial charge in [0.25, 0.3) is 0 Å². The van der Waals surface area contributed by atoms with Crippen molar-refractivity contribution in [2.45, 2.75) is 19.4 Å². The van der Waals surface area contributed by atoms with Gasteiger partial charge in [-0.1, -0.05) is 13.0 Å². The molecule has 0 aromatic rings. The van der Waals surface area contributed by atoms with Gasteiger partial charge in [-0.25, -0.2) is 0 Å². The summed E-state index contributed by atoms with van der Waals surface area (Å²) in [6.45, 7) is 8.98. The second-order valence-corrected chi connectivity index (χ2v) is 3.21. The fourth-order valence-electron chi connectivity index (χ4n) is 1.46. The van der Waals surface area contributed by atoms with Crippen LogP contribution in [-0.4, -0.2) is 43.0 Å². The first-order valence-electron chi connectivity index (χ1n) is 4.75. The van der Waals surface area contributed by atoms with Crippen LogP contribution in [0.1, 0.15) is 13.3 Å². The van der Waals surface area contributed by atoms with Crippen molar-refractivity contribution in [1.82, 2.24) is 4.90 Å². The molecule has 0 aromatic carbocycles. The number of carbonyl (C=O) groups excluding carboxylic acids is 1. The number of likely N-dealkylation sites (N-methyl/N-ethyl adjacent to an activating group) is 1. The van der Waals surface area contributed by atoms with Gasteiger partial charge in [-0.05, 0) is 6.54 Å². The van der Waals surface area contributed by atoms with Crippen LogP contribution in [0.3, 0.4) is 0 Å². The van der Waals surface area contributed by atoms with Crippen LogP contribution < -0.4 is 0 Å². The molecule has 1 fully saturated rings. The molecular weight excluding hydrogens is 166 g/mol. The molecule has 0 N–H and O–H groups in total. The molecule has 1 heterocycles. The van der Waals surface area contributed by atoms with Gasteiger partial charge in [-0.15, -0.1) is 6.58 Å². The maximum absolute atomic E-state index is 11.4. The van der Waals surface area contributed by atoms with Crippen molar-refractivity contribution in [2.75, 3.05) is 26.2 Å². The van der Waals surface area contributed by atoms with E-state index < -0.39 is 0 Å². The number of hydrogen-bond donors (Lipinski definition) is 0. The number of ether oxygens (including phenoxy) is 1. The number of rotatable bonds is 4. The molecule has 13 heavy (non-hydrogen) atoms. The zero-order chi connectivity index (χ0) is 9.68. The van der Waals surface area contributed by atoms with Crippen molar-refractivity contribution in [3.63, 3.8) is 0 Å². The van der Waals surface area contributed by atoms with E-state index in [-0.39, 0.29) is 11.9 Å². The predicted octanol–water partition coefficient (Wildman–Crippen LogP) is 0.852. The summed E-state index contributed by atoms with van der Waals surface area (Å²) in [5.41, 5.74) is 0. The van der Waals surface area contributed by atoms with Crippen molar-refractivity contribution >= 4 is 5.78 Å². The maximum Gasteiger partial charge on any atom is 0.166 e. The number of hydrogen-bond acceptors (Lipinski definition) is 3. The molecule has 1 atom stereocenters. The van der Waals surface area contributed by atoms with Crippen LogP contribution >= 0.6 is 0 Å². The quantitative estimate of drug-likeness (QED) is 0.605. The zero-order valence-corrected chi connectivity index (χ0v) is 8.16. The highest BCUT2D eigenvalue weighted by molar-refractivity contribution is 5.84. The lowest BCUT2D eigenvalue weighted by atomic mass is 10.1. The predicted molar refractivity (Wildman–Crippen MR) is 51.7 cm³/mol. The SMILES string of the molecule is C=CCC(=O)C1CN(CC)CCO1. The highest BCUT2D eigenvalue weighted by Gasteiger charge is 2.24. The first-order valence-corrected chi connectivity index (χ1v) is 4.75. The Morgan fingerprint density at radius 1 is 1.77 bits per heavy atom. The molecule has 0 radical (unpaired) electrons. The lowest BCUT2D eigenvalue weighted by Crippen LogP contribution is -2.45. The molecule has 1 unspecified atom stereocenters. The minimum atomic E-state index is -0.230. The Morgan fingerprint density at radius 3 is 3.15 bits per heavy atom. The molecule has 0 saturated carbocycles. The number of morpholine rings is 1. The number of allylic oxidation sites excluding steroid dienone is 1. The van der Waals surface area contributed by atoms with Gasteiger partial charge in [0.15, 0.2) is 5.78 Å². The Labute approximate surface area is 79.4 Å². The first kappa shape index (κ1) is 10.4. The Morgan fingerprint density at radius 2 is 2.54 bits per heavy atom. The summed E-state index contributed by atoms with van der Waals surface area (Å²) >= 11 is 0. The van der Waals surface area contributed by atoms with E-state index in [0.29, 0.717) is 13.0 Å². The molecule has 0 aliphatic carbocycles. The van der Waals surface area contributed by atoms with Crippen LogP contribution in [-0.2, 0) is 9.53 Å². The molecule has 0 aromatic heterocycles. The summed E-state index contributed by atoms with van der Waals surface area (Å²) in [5, 5.41) is 0. The zero-order valence-electron chi connectivity index (χ0n) is 8.16. The summed E-state index contributed by atoms with van der Waals surface area (Å²) in [5.74, 6) is 0.146. The fraction of sp³-hybridized carbons (Fsp3) is 0.700. The standard InChI is InChI=1S/C10H17NO2/c1-3-5-9(12)10-8-11(4-2)6-7-13-10/h3,10H,1,4-8H2,2H3. The molecule has 1 aliphatic rings. The molecule has 1 aliphatic heterocycles. The van der Waals surface area contributed by atoms with E-state index in [1.165, 1.54) is 0 Å². The topological polar surface area (TPSA) is 29.5 Å². The van der Waals surface area contributed by atoms with E-state index in [9.17, 15) is 4.79 Å². The molecule has 1 saturated heterocycles. The number of nitrogens with zero attached hydrogens (tertiary/aromatic N) is 1. The molecular formula is C10H17NO2. The molecule has 3 heteroatoms. The molecule has 0 amide bonds. The van der Waals surface area contributed by atoms with Crippen molar-refractivity contribution < 1.29 is 9.53 Å². The van der Waals surface area contributed by atoms with Crippen LogP contribution in [0.15, 0.2) is 12.7 Å². The van der Waals surface area contributed by atoms with E-state index in [1.807, 2.05) is 0 Å². The van der Waals surface area contributed by atoms with Crippen LogP contribution in [0, 0.1) is 0 Å². The van der Waals surface area contributed by atoms with Gasteiger partial charge in [-0.2, -0.15) is 0 Å². The third-order valence-corrected chi connectivity index (χ3v) is 2.30. The normalized spacial score (nSPS) is 24.2. The summed E-state index contributed by atoms with van der Waals surface area (Å²) in [6.07, 6.45) is 1.82. The Hall–Kier alpha value is -0.670. The number of carbonyl (C=O) groups is 1. The van der Waals surface area contributed by atoms with Gasteiger partial charge in [0.2, 0.25) is 0 Å². The Balaban J connectivity index is 2.41. The van der Waals surface area contributed by atoms with Crippen molar-refractivity contribution in [3.05, 3.63) is 12.7 Å². The lowest BCUT2D eigenvalue weighted by molar-refractivity contribution is -0.135. The minimum Gasteiger partial charge on any atom is -0.368 e. The van der Waals surface area contributed by atoms with Gasteiger partial charge >= 0.3 is 0 Å². The monoisotopic (exact) mass is 183 g/mol. The van der Waals surface area contributed by atoms with E-state index in [2.05, 4.69) is 18.4 Å². The van der Waals surface area contributed by atoms with Gasteiger partial charge in [0, 0.05) is 19.5 Å². The summed E-state index contributed by atoms with van der Waals surface area (Å²) in [6, 6.07) is 0. The van der Waals surface area contributed by atoms with Crippen molar-refractivity contribution in [3.8, 4) is 0 Å². The number of Topliss-reactive ketones (excluding diaryl/α,β-unsaturated/α-hetero) is 1. The highest BCUT2D eigenvalue weighted by atomic mass is 16.5. The first-order chi connectivity index (χ1) is 6.27. The molecule has 74 valence electrons. The van der Waals surface area contributed by atoms with Gasteiger partial charge < -0.3 is 4.74 Å². The maximum atomic E-state index is 11.4. The highest BCUT2D eigenvalue weighted by Crippen LogP contribution is 2.07. The summed E-state index contributed by atoms with van der Waals surface area (Å²) < 4.78 is 5.39. The Bertz CT molecular complexity index is 191. The van der Waals surface area contributed by atoms with Gasteiger partial charge in [0.1, 0.15) is 6.10 Å². The Kier molecular flexibility index (Phi) is 4.12. The average Bonchev–Trinajstić information content (AvgIpc) is 2.18. The molecule has 0 spiro atoms. The van der Waals surface area contributed by atoms with Crippen molar-refractivity contribution in [1.29, 1.82) is 0 Å². The van der Waals surface area contributed by atoms with E-state index >= 15 is 0 Å². The van der Waals surface area contributed by atoms with Gasteiger partial charge in [0.05, 0.1) is 6.61 Å². The van der Waals surface area contributed by atoms with Crippen LogP contribution in [0.2, 0.25) is 0 Å². The third kappa shape index (κ3) is 2.94. The molecule has 1 rings (SSSR count). The van der Waals surface area contributed by atoms with Gasteiger partial charge in [-0.3, -0.25) is 9.69 Å².